The Kier molecular flexibility index (Phi) is 4.99. The first-order valence-corrected chi connectivity index (χ1v) is 7.58. The monoisotopic (exact) mass is 328 g/mol. The van der Waals surface area contributed by atoms with Crippen LogP contribution in [-0.4, -0.2) is 34.3 Å². The fourth-order valence-corrected chi connectivity index (χ4v) is 3.02. The lowest BCUT2D eigenvalue weighted by atomic mass is 9.94. The third kappa shape index (κ3) is 3.79. The highest BCUT2D eigenvalue weighted by Gasteiger charge is 2.28. The van der Waals surface area contributed by atoms with Gasteiger partial charge in [0.05, 0.1) is 5.60 Å². The van der Waals surface area contributed by atoms with Gasteiger partial charge in [-0.2, -0.15) is 0 Å². The molecule has 1 aliphatic rings. The molecule has 0 aromatic carbocycles. The Morgan fingerprint density at radius 2 is 1.84 bits per heavy atom. The summed E-state index contributed by atoms with van der Waals surface area (Å²) in [5, 5.41) is 16.8. The number of nitrogens with one attached hydrogen (secondary N) is 2. The van der Waals surface area contributed by atoms with Crippen molar-refractivity contribution in [3.63, 3.8) is 0 Å². The molecular formula is C13H21BrN4O. The Morgan fingerprint density at radius 3 is 2.47 bits per heavy atom. The van der Waals surface area contributed by atoms with Crippen LogP contribution in [0.4, 0.5) is 11.6 Å². The van der Waals surface area contributed by atoms with E-state index in [1.54, 1.807) is 0 Å². The van der Waals surface area contributed by atoms with Gasteiger partial charge in [-0.25, -0.2) is 9.97 Å². The van der Waals surface area contributed by atoms with Crippen molar-refractivity contribution >= 4 is 27.6 Å². The number of aliphatic hydroxyl groups is 1. The molecule has 0 bridgehead atoms. The van der Waals surface area contributed by atoms with Crippen LogP contribution in [0.25, 0.3) is 0 Å². The van der Waals surface area contributed by atoms with Crippen LogP contribution >= 0.6 is 15.9 Å². The Labute approximate surface area is 122 Å². The standard InChI is InChI=1S/C13H21BrN4O/c1-15-11-10(14)12(18-9-17-11)16-8-13(19)6-4-2-3-5-7-13/h9,19H,2-8H2,1H3,(H2,15,16,17,18). The fraction of sp³-hybridized carbons (Fsp3) is 0.692. The molecule has 2 rings (SSSR count). The van der Waals surface area contributed by atoms with Crippen molar-refractivity contribution in [3.8, 4) is 0 Å². The summed E-state index contributed by atoms with van der Waals surface area (Å²) in [6.45, 7) is 0.533. The zero-order valence-electron chi connectivity index (χ0n) is 11.2. The molecule has 6 heteroatoms. The highest BCUT2D eigenvalue weighted by atomic mass is 79.9. The van der Waals surface area contributed by atoms with Crippen molar-refractivity contribution in [2.24, 2.45) is 0 Å². The number of aromatic nitrogens is 2. The summed E-state index contributed by atoms with van der Waals surface area (Å²) in [4.78, 5) is 8.32. The Bertz CT molecular complexity index is 419. The molecule has 1 saturated carbocycles. The maximum atomic E-state index is 10.6. The van der Waals surface area contributed by atoms with E-state index >= 15 is 0 Å². The molecule has 1 heterocycles. The van der Waals surface area contributed by atoms with E-state index in [1.165, 1.54) is 19.2 Å². The van der Waals surface area contributed by atoms with Crippen LogP contribution in [0, 0.1) is 0 Å². The van der Waals surface area contributed by atoms with Crippen molar-refractivity contribution in [3.05, 3.63) is 10.8 Å². The summed E-state index contributed by atoms with van der Waals surface area (Å²) in [7, 11) is 1.82. The number of nitrogens with zero attached hydrogens (tertiary/aromatic N) is 2. The second kappa shape index (κ2) is 6.52. The first kappa shape index (κ1) is 14.5. The molecule has 106 valence electrons. The molecule has 0 radical (unpaired) electrons. The first-order chi connectivity index (χ1) is 9.14. The smallest absolute Gasteiger partial charge is 0.146 e. The van der Waals surface area contributed by atoms with E-state index in [0.717, 1.165) is 41.8 Å². The number of halogens is 1. The maximum Gasteiger partial charge on any atom is 0.146 e. The minimum Gasteiger partial charge on any atom is -0.388 e. The van der Waals surface area contributed by atoms with Crippen molar-refractivity contribution in [1.82, 2.24) is 9.97 Å². The average Bonchev–Trinajstić information content (AvgIpc) is 2.63. The van der Waals surface area contributed by atoms with Gasteiger partial charge in [0.2, 0.25) is 0 Å². The lowest BCUT2D eigenvalue weighted by Gasteiger charge is -2.27. The van der Waals surface area contributed by atoms with Gasteiger partial charge in [-0.05, 0) is 28.8 Å². The quantitative estimate of drug-likeness (QED) is 0.741. The van der Waals surface area contributed by atoms with Crippen LogP contribution in [0.2, 0.25) is 0 Å². The Morgan fingerprint density at radius 1 is 1.21 bits per heavy atom. The SMILES string of the molecule is CNc1ncnc(NCC2(O)CCCCCC2)c1Br. The molecule has 0 unspecified atom stereocenters. The Hall–Kier alpha value is -0.880. The molecule has 1 aromatic heterocycles. The molecular weight excluding hydrogens is 308 g/mol. The predicted octanol–water partition coefficient (Wildman–Crippen LogP) is 2.78. The van der Waals surface area contributed by atoms with Gasteiger partial charge in [-0.3, -0.25) is 0 Å². The third-order valence-electron chi connectivity index (χ3n) is 3.65. The van der Waals surface area contributed by atoms with Gasteiger partial charge in [0.25, 0.3) is 0 Å². The van der Waals surface area contributed by atoms with Crippen LogP contribution < -0.4 is 10.6 Å². The van der Waals surface area contributed by atoms with E-state index in [-0.39, 0.29) is 0 Å². The van der Waals surface area contributed by atoms with Gasteiger partial charge >= 0.3 is 0 Å². The van der Waals surface area contributed by atoms with E-state index in [9.17, 15) is 5.11 Å². The van der Waals surface area contributed by atoms with E-state index in [4.69, 9.17) is 0 Å². The van der Waals surface area contributed by atoms with E-state index < -0.39 is 5.60 Å². The molecule has 19 heavy (non-hydrogen) atoms. The van der Waals surface area contributed by atoms with Crippen LogP contribution in [-0.2, 0) is 0 Å². The number of rotatable bonds is 4. The summed E-state index contributed by atoms with van der Waals surface area (Å²) in [5.74, 6) is 1.46. The fourth-order valence-electron chi connectivity index (χ4n) is 2.48. The molecule has 1 fully saturated rings. The lowest BCUT2D eigenvalue weighted by Crippen LogP contribution is -2.36. The molecule has 1 aliphatic carbocycles. The van der Waals surface area contributed by atoms with Gasteiger partial charge in [-0.15, -0.1) is 0 Å². The van der Waals surface area contributed by atoms with Crippen LogP contribution in [0.5, 0.6) is 0 Å². The minimum atomic E-state index is -0.610. The highest BCUT2D eigenvalue weighted by molar-refractivity contribution is 9.10. The number of hydrogen-bond donors (Lipinski definition) is 3. The van der Waals surface area contributed by atoms with E-state index in [0.29, 0.717) is 6.54 Å². The minimum absolute atomic E-state index is 0.533. The maximum absolute atomic E-state index is 10.6. The van der Waals surface area contributed by atoms with Gasteiger partial charge in [0, 0.05) is 13.6 Å². The number of anilines is 2. The highest BCUT2D eigenvalue weighted by Crippen LogP contribution is 2.30. The largest absolute Gasteiger partial charge is 0.388 e. The molecule has 1 aromatic rings. The van der Waals surface area contributed by atoms with Gasteiger partial charge in [-0.1, -0.05) is 25.7 Å². The van der Waals surface area contributed by atoms with Crippen molar-refractivity contribution in [2.75, 3.05) is 24.2 Å². The Balaban J connectivity index is 2.01. The zero-order chi connectivity index (χ0) is 13.7. The van der Waals surface area contributed by atoms with Crippen molar-refractivity contribution in [2.45, 2.75) is 44.1 Å². The third-order valence-corrected chi connectivity index (χ3v) is 4.40. The average molecular weight is 329 g/mol. The summed E-state index contributed by atoms with van der Waals surface area (Å²) < 4.78 is 0.801. The molecule has 0 aliphatic heterocycles. The second-order valence-corrected chi connectivity index (χ2v) is 5.92. The molecule has 0 amide bonds. The van der Waals surface area contributed by atoms with Crippen LogP contribution in [0.1, 0.15) is 38.5 Å². The summed E-state index contributed by atoms with van der Waals surface area (Å²) in [5.41, 5.74) is -0.610. The number of hydrogen-bond acceptors (Lipinski definition) is 5. The van der Waals surface area contributed by atoms with E-state index in [1.807, 2.05) is 7.05 Å². The van der Waals surface area contributed by atoms with E-state index in [2.05, 4.69) is 36.5 Å². The summed E-state index contributed by atoms with van der Waals surface area (Å²) in [6.07, 6.45) is 7.89. The van der Waals surface area contributed by atoms with Crippen LogP contribution in [0.15, 0.2) is 10.8 Å². The molecule has 0 saturated heterocycles. The molecule has 5 nitrogen and oxygen atoms in total. The van der Waals surface area contributed by atoms with Gasteiger partial charge in [0.15, 0.2) is 0 Å². The predicted molar refractivity (Wildman–Crippen MR) is 80.4 cm³/mol. The van der Waals surface area contributed by atoms with Gasteiger partial charge < -0.3 is 15.7 Å². The first-order valence-electron chi connectivity index (χ1n) is 6.79. The normalized spacial score (nSPS) is 18.7. The molecule has 0 spiro atoms. The van der Waals surface area contributed by atoms with Crippen LogP contribution in [0.3, 0.4) is 0 Å². The van der Waals surface area contributed by atoms with Crippen molar-refractivity contribution in [1.29, 1.82) is 0 Å². The molecule has 0 atom stereocenters. The summed E-state index contributed by atoms with van der Waals surface area (Å²) in [6, 6.07) is 0. The summed E-state index contributed by atoms with van der Waals surface area (Å²) >= 11 is 3.47. The van der Waals surface area contributed by atoms with Crippen molar-refractivity contribution < 1.29 is 5.11 Å². The topological polar surface area (TPSA) is 70.1 Å². The molecule has 3 N–H and O–H groups in total. The second-order valence-electron chi connectivity index (χ2n) is 5.13. The van der Waals surface area contributed by atoms with Gasteiger partial charge in [0.1, 0.15) is 22.4 Å². The zero-order valence-corrected chi connectivity index (χ0v) is 12.8. The lowest BCUT2D eigenvalue weighted by molar-refractivity contribution is 0.0380.